The summed E-state index contributed by atoms with van der Waals surface area (Å²) in [5.41, 5.74) is 4.64. The molecule has 0 unspecified atom stereocenters. The molecule has 0 N–H and O–H groups in total. The van der Waals surface area contributed by atoms with E-state index in [2.05, 4.69) is 13.2 Å². The third-order valence-corrected chi connectivity index (χ3v) is 10.3. The summed E-state index contributed by atoms with van der Waals surface area (Å²) in [4.78, 5) is 48.5. The standard InChI is InChI=1S/C53H46O10/c1-3-50(56)60-31-7-5-29-58-42-19-13-38(14-20-42)46(54)25-11-36-9-23-44-40(33-36)17-27-48-52(44)53-45-24-10-37(34-41(45)18-28-49(53)63-35-62-48)12-26-47(55)39-15-21-43(22-16-39)59-30-6-8-32-61-51(57)4-2/h3-4,9-28,33-34H,1-2,5-8,29-32,35H2/b25-11+,26-12+. The Hall–Kier alpha value is -7.72. The van der Waals surface area contributed by atoms with Crippen molar-refractivity contribution in [1.29, 1.82) is 0 Å². The van der Waals surface area contributed by atoms with Crippen molar-refractivity contribution in [3.8, 4) is 34.1 Å². The predicted octanol–water partition coefficient (Wildman–Crippen LogP) is 11.0. The molecule has 0 atom stereocenters. The van der Waals surface area contributed by atoms with Crippen LogP contribution in [0.15, 0.2) is 147 Å². The third kappa shape index (κ3) is 11.4. The third-order valence-electron chi connectivity index (χ3n) is 10.3. The minimum Gasteiger partial charge on any atom is -0.494 e. The maximum atomic E-state index is 13.1. The highest BCUT2D eigenvalue weighted by Crippen LogP contribution is 2.47. The summed E-state index contributed by atoms with van der Waals surface area (Å²) < 4.78 is 33.7. The van der Waals surface area contributed by atoms with E-state index in [1.54, 1.807) is 60.7 Å². The number of unbranched alkanes of at least 4 members (excludes halogenated alkanes) is 2. The lowest BCUT2D eigenvalue weighted by atomic mass is 9.91. The Balaban J connectivity index is 1.00. The lowest BCUT2D eigenvalue weighted by molar-refractivity contribution is -0.138. The molecule has 63 heavy (non-hydrogen) atoms. The molecule has 0 spiro atoms. The first-order chi connectivity index (χ1) is 30.8. The molecule has 0 amide bonds. The molecule has 1 aliphatic rings. The highest BCUT2D eigenvalue weighted by Gasteiger charge is 2.22. The molecule has 0 fully saturated rings. The number of ether oxygens (including phenoxy) is 6. The van der Waals surface area contributed by atoms with Gasteiger partial charge in [-0.05, 0) is 143 Å². The lowest BCUT2D eigenvalue weighted by Gasteiger charge is -2.14. The van der Waals surface area contributed by atoms with E-state index in [4.69, 9.17) is 28.4 Å². The van der Waals surface area contributed by atoms with Gasteiger partial charge in [-0.1, -0.05) is 61.7 Å². The molecule has 6 aromatic carbocycles. The summed E-state index contributed by atoms with van der Waals surface area (Å²) in [5.74, 6) is 1.57. The van der Waals surface area contributed by atoms with Crippen molar-refractivity contribution in [1.82, 2.24) is 0 Å². The van der Waals surface area contributed by atoms with Crippen molar-refractivity contribution >= 4 is 57.2 Å². The zero-order valence-electron chi connectivity index (χ0n) is 34.7. The first-order valence-electron chi connectivity index (χ1n) is 20.7. The van der Waals surface area contributed by atoms with E-state index in [1.165, 1.54) is 0 Å². The Morgan fingerprint density at radius 2 is 0.921 bits per heavy atom. The number of allylic oxidation sites excluding steroid dienone is 2. The van der Waals surface area contributed by atoms with Crippen LogP contribution in [0.5, 0.6) is 23.0 Å². The van der Waals surface area contributed by atoms with E-state index in [-0.39, 0.29) is 18.4 Å². The largest absolute Gasteiger partial charge is 0.494 e. The number of benzene rings is 6. The molecule has 0 saturated heterocycles. The van der Waals surface area contributed by atoms with Crippen LogP contribution in [0.25, 0.3) is 44.8 Å². The molecule has 0 aromatic heterocycles. The van der Waals surface area contributed by atoms with Gasteiger partial charge >= 0.3 is 11.9 Å². The minimum atomic E-state index is -0.437. The fourth-order valence-corrected chi connectivity index (χ4v) is 7.00. The van der Waals surface area contributed by atoms with Crippen LogP contribution >= 0.6 is 0 Å². The van der Waals surface area contributed by atoms with Gasteiger partial charge in [-0.2, -0.15) is 0 Å². The van der Waals surface area contributed by atoms with Crippen molar-refractivity contribution in [2.45, 2.75) is 25.7 Å². The monoisotopic (exact) mass is 842 g/mol. The quantitative estimate of drug-likeness (QED) is 0.0317. The fourth-order valence-electron chi connectivity index (χ4n) is 7.00. The molecule has 7 rings (SSSR count). The highest BCUT2D eigenvalue weighted by atomic mass is 16.7. The zero-order valence-corrected chi connectivity index (χ0v) is 34.7. The molecule has 1 heterocycles. The van der Waals surface area contributed by atoms with Crippen LogP contribution < -0.4 is 18.9 Å². The number of ketones is 2. The zero-order chi connectivity index (χ0) is 44.0. The first kappa shape index (κ1) is 43.4. The summed E-state index contributed by atoms with van der Waals surface area (Å²) in [6.45, 7) is 8.37. The molecule has 0 radical (unpaired) electrons. The van der Waals surface area contributed by atoms with E-state index in [0.717, 1.165) is 56.0 Å². The van der Waals surface area contributed by atoms with Crippen LogP contribution in [-0.4, -0.2) is 56.7 Å². The van der Waals surface area contributed by atoms with Gasteiger partial charge in [-0.25, -0.2) is 9.59 Å². The average molecular weight is 843 g/mol. The maximum Gasteiger partial charge on any atom is 0.330 e. The summed E-state index contributed by atoms with van der Waals surface area (Å²) >= 11 is 0. The maximum absolute atomic E-state index is 13.1. The van der Waals surface area contributed by atoms with Crippen LogP contribution in [0.3, 0.4) is 0 Å². The average Bonchev–Trinajstić information content (AvgIpc) is 3.52. The smallest absolute Gasteiger partial charge is 0.330 e. The van der Waals surface area contributed by atoms with Crippen LogP contribution in [0.2, 0.25) is 0 Å². The second-order valence-electron chi connectivity index (χ2n) is 14.5. The van der Waals surface area contributed by atoms with Gasteiger partial charge in [0, 0.05) is 34.4 Å². The van der Waals surface area contributed by atoms with Gasteiger partial charge in [0.1, 0.15) is 23.0 Å². The minimum absolute atomic E-state index is 0.0626. The predicted molar refractivity (Wildman–Crippen MR) is 244 cm³/mol. The van der Waals surface area contributed by atoms with Crippen molar-refractivity contribution in [2.24, 2.45) is 0 Å². The second kappa shape index (κ2) is 21.2. The normalized spacial score (nSPS) is 11.8. The number of fused-ring (bicyclic) bond motifs is 7. The van der Waals surface area contributed by atoms with Gasteiger partial charge in [0.15, 0.2) is 11.6 Å². The number of rotatable bonds is 20. The molecule has 0 aliphatic carbocycles. The van der Waals surface area contributed by atoms with Crippen molar-refractivity contribution in [3.63, 3.8) is 0 Å². The molecule has 10 nitrogen and oxygen atoms in total. The summed E-state index contributed by atoms with van der Waals surface area (Å²) in [6.07, 6.45) is 11.8. The van der Waals surface area contributed by atoms with Crippen LogP contribution in [0.4, 0.5) is 0 Å². The number of carbonyl (C=O) groups is 4. The Labute approximate surface area is 365 Å². The first-order valence-corrected chi connectivity index (χ1v) is 20.7. The van der Waals surface area contributed by atoms with Crippen LogP contribution in [-0.2, 0) is 19.1 Å². The number of esters is 2. The Bertz CT molecular complexity index is 2520. The molecule has 0 bridgehead atoms. The summed E-state index contributed by atoms with van der Waals surface area (Å²) in [7, 11) is 0. The van der Waals surface area contributed by atoms with E-state index < -0.39 is 11.9 Å². The Morgan fingerprint density at radius 1 is 0.508 bits per heavy atom. The fraction of sp³-hybridized carbons (Fsp3) is 0.170. The SMILES string of the molecule is C=CC(=O)OCCCCOc1ccc(C(=O)/C=C/c2ccc3c4c(ccc3c2)OCOc2ccc3cc(/C=C/C(=O)c5ccc(OCCCCOC(=O)C=C)cc5)ccc3c2-4)cc1. The van der Waals surface area contributed by atoms with Gasteiger partial charge < -0.3 is 28.4 Å². The highest BCUT2D eigenvalue weighted by molar-refractivity contribution is 6.12. The van der Waals surface area contributed by atoms with Crippen molar-refractivity contribution in [2.75, 3.05) is 33.2 Å². The van der Waals surface area contributed by atoms with Crippen LogP contribution in [0, 0.1) is 0 Å². The molecule has 0 saturated carbocycles. The Kier molecular flexibility index (Phi) is 14.6. The van der Waals surface area contributed by atoms with E-state index in [0.29, 0.717) is 86.2 Å². The topological polar surface area (TPSA) is 124 Å². The van der Waals surface area contributed by atoms with E-state index in [1.807, 2.05) is 72.8 Å². The molecule has 10 heteroatoms. The lowest BCUT2D eigenvalue weighted by Crippen LogP contribution is -2.04. The second-order valence-corrected chi connectivity index (χ2v) is 14.5. The van der Waals surface area contributed by atoms with Crippen molar-refractivity contribution in [3.05, 3.63) is 169 Å². The molecular formula is C53H46O10. The van der Waals surface area contributed by atoms with Gasteiger partial charge in [-0.15, -0.1) is 0 Å². The van der Waals surface area contributed by atoms with Gasteiger partial charge in [-0.3, -0.25) is 9.59 Å². The summed E-state index contributed by atoms with van der Waals surface area (Å²) in [5, 5.41) is 3.89. The van der Waals surface area contributed by atoms with E-state index in [9.17, 15) is 19.2 Å². The molecule has 6 aromatic rings. The Morgan fingerprint density at radius 3 is 1.33 bits per heavy atom. The number of hydrogen-bond donors (Lipinski definition) is 0. The van der Waals surface area contributed by atoms with Gasteiger partial charge in [0.05, 0.1) is 26.4 Å². The molecule has 1 aliphatic heterocycles. The van der Waals surface area contributed by atoms with Crippen molar-refractivity contribution < 1.29 is 47.6 Å². The van der Waals surface area contributed by atoms with Gasteiger partial charge in [0.2, 0.25) is 6.79 Å². The number of carbonyl (C=O) groups excluding carboxylic acids is 4. The van der Waals surface area contributed by atoms with E-state index >= 15 is 0 Å². The summed E-state index contributed by atoms with van der Waals surface area (Å²) in [6, 6.07) is 34.1. The number of hydrogen-bond acceptors (Lipinski definition) is 10. The molecular weight excluding hydrogens is 797 g/mol. The van der Waals surface area contributed by atoms with Gasteiger partial charge in [0.25, 0.3) is 0 Å². The molecule has 318 valence electrons. The van der Waals surface area contributed by atoms with Crippen LogP contribution in [0.1, 0.15) is 57.5 Å².